The molecule has 6 rings (SSSR count). The molecule has 0 bridgehead atoms. The third kappa shape index (κ3) is 6.39. The molecule has 6 fully saturated rings. The number of allylic oxidation sites excluding steroid dienone is 1. The molecule has 9 nitrogen and oxygen atoms in total. The zero-order valence-corrected chi connectivity index (χ0v) is 28.5. The molecule has 1 spiro atoms. The van der Waals surface area contributed by atoms with E-state index in [0.717, 1.165) is 57.8 Å². The normalized spacial score (nSPS) is 47.6. The minimum atomic E-state index is -0.679. The van der Waals surface area contributed by atoms with Gasteiger partial charge in [-0.05, 0) is 138 Å². The lowest BCUT2D eigenvalue weighted by Gasteiger charge is -2.58. The molecule has 45 heavy (non-hydrogen) atoms. The number of nitrogens with two attached hydrogens (primary N) is 2. The van der Waals surface area contributed by atoms with Gasteiger partial charge in [0.15, 0.2) is 11.9 Å². The number of nitrogens with one attached hydrogen (secondary N) is 2. The van der Waals surface area contributed by atoms with Crippen LogP contribution in [-0.2, 0) is 4.74 Å². The molecule has 11 atom stereocenters. The first kappa shape index (κ1) is 33.1. The van der Waals surface area contributed by atoms with Crippen LogP contribution in [-0.4, -0.2) is 65.8 Å². The van der Waals surface area contributed by atoms with Crippen LogP contribution < -0.4 is 22.1 Å². The molecule has 1 heterocycles. The average Bonchev–Trinajstić information content (AvgIpc) is 3.30. The highest BCUT2D eigenvalue weighted by Crippen LogP contribution is 2.69. The Labute approximate surface area is 271 Å². The molecule has 0 aromatic rings. The maximum absolute atomic E-state index is 11.2. The Balaban J connectivity index is 1.11. The van der Waals surface area contributed by atoms with E-state index in [-0.39, 0.29) is 23.3 Å². The Kier molecular flexibility index (Phi) is 9.05. The Morgan fingerprint density at radius 1 is 1.00 bits per heavy atom. The van der Waals surface area contributed by atoms with Crippen molar-refractivity contribution >= 4 is 11.9 Å². The van der Waals surface area contributed by atoms with E-state index in [1.807, 2.05) is 0 Å². The smallest absolute Gasteiger partial charge is 0.189 e. The lowest BCUT2D eigenvalue weighted by Crippen LogP contribution is -2.56. The van der Waals surface area contributed by atoms with Gasteiger partial charge in [-0.25, -0.2) is 0 Å². The van der Waals surface area contributed by atoms with Gasteiger partial charge in [-0.1, -0.05) is 19.1 Å². The molecular formula is C36H62N6O3. The molecule has 9 heteroatoms. The van der Waals surface area contributed by atoms with Gasteiger partial charge in [-0.2, -0.15) is 0 Å². The molecule has 0 amide bonds. The van der Waals surface area contributed by atoms with E-state index in [1.54, 1.807) is 14.1 Å². The second-order valence-corrected chi connectivity index (χ2v) is 16.8. The Hall–Kier alpha value is -1.84. The molecule has 0 radical (unpaired) electrons. The van der Waals surface area contributed by atoms with Crippen LogP contribution in [0.2, 0.25) is 0 Å². The van der Waals surface area contributed by atoms with E-state index in [4.69, 9.17) is 22.8 Å². The largest absolute Gasteiger partial charge is 0.393 e. The molecular weight excluding hydrogens is 564 g/mol. The Morgan fingerprint density at radius 2 is 1.73 bits per heavy atom. The summed E-state index contributed by atoms with van der Waals surface area (Å²) in [4.78, 5) is 8.26. The van der Waals surface area contributed by atoms with Gasteiger partial charge in [0.1, 0.15) is 6.17 Å². The number of hydrogen-bond donors (Lipinski definition) is 6. The van der Waals surface area contributed by atoms with Crippen LogP contribution in [0.5, 0.6) is 0 Å². The topological polar surface area (TPSA) is 154 Å². The number of rotatable bonds is 7. The van der Waals surface area contributed by atoms with Gasteiger partial charge in [-0.3, -0.25) is 9.98 Å². The van der Waals surface area contributed by atoms with E-state index in [9.17, 15) is 10.2 Å². The third-order valence-electron chi connectivity index (χ3n) is 14.0. The van der Waals surface area contributed by atoms with Crippen LogP contribution in [0.4, 0.5) is 0 Å². The number of nitrogens with zero attached hydrogens (tertiary/aromatic N) is 2. The minimum absolute atomic E-state index is 0.0165. The van der Waals surface area contributed by atoms with Crippen molar-refractivity contribution in [2.75, 3.05) is 14.1 Å². The van der Waals surface area contributed by atoms with E-state index in [2.05, 4.69) is 34.5 Å². The summed E-state index contributed by atoms with van der Waals surface area (Å²) in [5, 5.41) is 28.1. The van der Waals surface area contributed by atoms with Gasteiger partial charge in [0, 0.05) is 25.9 Å². The molecule has 254 valence electrons. The van der Waals surface area contributed by atoms with Crippen molar-refractivity contribution in [1.29, 1.82) is 0 Å². The average molecular weight is 627 g/mol. The fourth-order valence-corrected chi connectivity index (χ4v) is 11.4. The zero-order chi connectivity index (χ0) is 32.2. The second-order valence-electron chi connectivity index (χ2n) is 16.8. The molecule has 5 aliphatic carbocycles. The van der Waals surface area contributed by atoms with Crippen molar-refractivity contribution in [3.63, 3.8) is 0 Å². The summed E-state index contributed by atoms with van der Waals surface area (Å²) >= 11 is 0. The van der Waals surface area contributed by atoms with Crippen LogP contribution in [0.1, 0.15) is 117 Å². The standard InChI is InChI=1S/C36H62N6O3/c1-22-18-35(15-10-23(19-35)11-16-36(44)13-6-7-26(43)20-36)30-34(3,45-30)14-12-28-27(22)21-33(28,2)25-9-8-24(17-25)29(41-31(37)39-4)42-32(38)40-5/h23-30,43-44H,1,6-21H2,2-5H3,(H3,37,39,41)(H3,38,40,42)/t23-,24-,25+,26-,27+,28+,30+,33+,34+,35+,36-/m0/s1. The van der Waals surface area contributed by atoms with Crippen molar-refractivity contribution in [2.24, 2.45) is 61.9 Å². The predicted octanol–water partition coefficient (Wildman–Crippen LogP) is 4.57. The number of aliphatic hydroxyl groups is 2. The van der Waals surface area contributed by atoms with Crippen molar-refractivity contribution in [3.05, 3.63) is 12.2 Å². The van der Waals surface area contributed by atoms with Crippen LogP contribution in [0.25, 0.3) is 0 Å². The second kappa shape index (κ2) is 12.3. The van der Waals surface area contributed by atoms with Crippen LogP contribution in [0, 0.1) is 40.4 Å². The summed E-state index contributed by atoms with van der Waals surface area (Å²) < 4.78 is 6.70. The quantitative estimate of drug-likeness (QED) is 0.0796. The highest BCUT2D eigenvalue weighted by molar-refractivity contribution is 5.81. The van der Waals surface area contributed by atoms with E-state index < -0.39 is 5.60 Å². The molecule has 0 aromatic carbocycles. The highest BCUT2D eigenvalue weighted by Gasteiger charge is 2.67. The summed E-state index contributed by atoms with van der Waals surface area (Å²) in [6.07, 6.45) is 16.7. The molecule has 0 aromatic heterocycles. The lowest BCUT2D eigenvalue weighted by molar-refractivity contribution is -0.0697. The molecule has 8 N–H and O–H groups in total. The molecule has 0 unspecified atom stereocenters. The summed E-state index contributed by atoms with van der Waals surface area (Å²) in [5.74, 6) is 3.77. The lowest BCUT2D eigenvalue weighted by atomic mass is 9.46. The van der Waals surface area contributed by atoms with Crippen LogP contribution in [0.3, 0.4) is 0 Å². The van der Waals surface area contributed by atoms with Gasteiger partial charge >= 0.3 is 0 Å². The maximum atomic E-state index is 11.2. The van der Waals surface area contributed by atoms with Gasteiger partial charge in [0.05, 0.1) is 23.4 Å². The summed E-state index contributed by atoms with van der Waals surface area (Å²) in [6.45, 7) is 9.76. The number of fused-ring (bicyclic) bond motifs is 3. The predicted molar refractivity (Wildman–Crippen MR) is 180 cm³/mol. The first-order chi connectivity index (χ1) is 21.3. The monoisotopic (exact) mass is 626 g/mol. The fourth-order valence-electron chi connectivity index (χ4n) is 11.4. The van der Waals surface area contributed by atoms with Crippen molar-refractivity contribution in [1.82, 2.24) is 10.6 Å². The van der Waals surface area contributed by atoms with Gasteiger partial charge in [0.25, 0.3) is 0 Å². The molecule has 1 saturated heterocycles. The van der Waals surface area contributed by atoms with Crippen molar-refractivity contribution < 1.29 is 14.9 Å². The number of aliphatic imine (C=N–C) groups is 2. The first-order valence-electron chi connectivity index (χ1n) is 18.1. The summed E-state index contributed by atoms with van der Waals surface area (Å²) in [5.41, 5.74) is 13.5. The third-order valence-corrected chi connectivity index (χ3v) is 14.0. The first-order valence-corrected chi connectivity index (χ1v) is 18.1. The number of epoxide rings is 1. The summed E-state index contributed by atoms with van der Waals surface area (Å²) in [6, 6.07) is 0. The van der Waals surface area contributed by atoms with Crippen molar-refractivity contribution in [2.45, 2.75) is 146 Å². The Bertz CT molecular complexity index is 1160. The van der Waals surface area contributed by atoms with Gasteiger partial charge < -0.3 is 37.1 Å². The van der Waals surface area contributed by atoms with E-state index in [0.29, 0.717) is 59.4 Å². The van der Waals surface area contributed by atoms with Gasteiger partial charge in [0.2, 0.25) is 0 Å². The van der Waals surface area contributed by atoms with Gasteiger partial charge in [-0.15, -0.1) is 0 Å². The number of aliphatic hydroxyl groups excluding tert-OH is 1. The molecule has 1 aliphatic heterocycles. The number of guanidine groups is 2. The fraction of sp³-hybridized carbons (Fsp3) is 0.889. The highest BCUT2D eigenvalue weighted by atomic mass is 16.6. The minimum Gasteiger partial charge on any atom is -0.393 e. The molecule has 6 aliphatic rings. The number of hydrogen-bond acceptors (Lipinski definition) is 5. The summed E-state index contributed by atoms with van der Waals surface area (Å²) in [7, 11) is 3.40. The van der Waals surface area contributed by atoms with Crippen molar-refractivity contribution in [3.8, 4) is 0 Å². The van der Waals surface area contributed by atoms with E-state index in [1.165, 1.54) is 44.1 Å². The maximum Gasteiger partial charge on any atom is 0.189 e. The zero-order valence-electron chi connectivity index (χ0n) is 28.5. The Morgan fingerprint density at radius 3 is 2.42 bits per heavy atom. The van der Waals surface area contributed by atoms with Crippen LogP contribution in [0.15, 0.2) is 22.1 Å². The number of ether oxygens (including phenoxy) is 1. The van der Waals surface area contributed by atoms with Crippen LogP contribution >= 0.6 is 0 Å². The molecule has 5 saturated carbocycles. The SMILES string of the molecule is C=C1C[C@@]2(CC[C@@H](CC[C@@]3(O)CCC[C@H](O)C3)C2)[C@@H]2O[C@]2(C)CC[C@@H]2[C@@H]1C[C@]2(C)[C@@H]1CC[C@H](C(NC(N)=NC)NC(N)=NC)C1. The van der Waals surface area contributed by atoms with E-state index >= 15 is 0 Å².